The molecule has 3 aromatic carbocycles. The van der Waals surface area contributed by atoms with E-state index in [0.717, 1.165) is 30.3 Å². The van der Waals surface area contributed by atoms with Crippen LogP contribution in [0.1, 0.15) is 15.9 Å². The van der Waals surface area contributed by atoms with E-state index in [9.17, 15) is 22.0 Å². The Morgan fingerprint density at radius 2 is 1.70 bits per heavy atom. The van der Waals surface area contributed by atoms with Crippen LogP contribution in [-0.4, -0.2) is 29.2 Å². The van der Waals surface area contributed by atoms with Crippen LogP contribution in [0.25, 0.3) is 22.3 Å². The summed E-state index contributed by atoms with van der Waals surface area (Å²) in [6.45, 7) is 0. The van der Waals surface area contributed by atoms with Gasteiger partial charge >= 0.3 is 0 Å². The van der Waals surface area contributed by atoms with Gasteiger partial charge in [0.2, 0.25) is 0 Å². The minimum absolute atomic E-state index is 0.0897. The van der Waals surface area contributed by atoms with Crippen LogP contribution in [-0.2, 0) is 10.0 Å². The summed E-state index contributed by atoms with van der Waals surface area (Å²) in [7, 11) is -4.43. The number of pyridine rings is 1. The van der Waals surface area contributed by atoms with Gasteiger partial charge in [-0.3, -0.25) is 19.5 Å². The molecule has 5 rings (SSSR count). The normalized spacial score (nSPS) is 11.4. The Morgan fingerprint density at radius 1 is 0.865 bits per heavy atom. The summed E-state index contributed by atoms with van der Waals surface area (Å²) in [5, 5.41) is 0. The molecule has 0 saturated heterocycles. The molecule has 5 aromatic rings. The molecule has 2 aromatic heterocycles. The molecule has 184 valence electrons. The first-order valence-corrected chi connectivity index (χ1v) is 12.2. The minimum atomic E-state index is -4.43. The first kappa shape index (κ1) is 24.1. The first-order chi connectivity index (χ1) is 17.7. The molecule has 0 unspecified atom stereocenters. The lowest BCUT2D eigenvalue weighted by Crippen LogP contribution is -2.16. The largest absolute Gasteiger partial charge is 0.288 e. The standard InChI is InChI=1S/C26H15F3N4O3S/c27-17-4-1-5-18(12-17)37(35,36)33-21-9-7-19(28)24(25(21)29)26(34)15-6-8-20-22(11-15)32-23(14-31-20)16-3-2-10-30-13-16/h1-14,33H. The Labute approximate surface area is 208 Å². The fourth-order valence-electron chi connectivity index (χ4n) is 3.63. The Hall–Kier alpha value is -4.64. The van der Waals surface area contributed by atoms with Crippen LogP contribution in [0.3, 0.4) is 0 Å². The molecule has 0 radical (unpaired) electrons. The van der Waals surface area contributed by atoms with Crippen LogP contribution in [0, 0.1) is 17.5 Å². The van der Waals surface area contributed by atoms with Crippen molar-refractivity contribution >= 4 is 32.5 Å². The van der Waals surface area contributed by atoms with Crippen LogP contribution in [0.5, 0.6) is 0 Å². The average Bonchev–Trinajstić information content (AvgIpc) is 2.90. The number of ketones is 1. The molecule has 0 fully saturated rings. The maximum absolute atomic E-state index is 15.3. The zero-order valence-electron chi connectivity index (χ0n) is 18.7. The third-order valence-electron chi connectivity index (χ3n) is 5.43. The molecule has 11 heteroatoms. The Morgan fingerprint density at radius 3 is 2.46 bits per heavy atom. The van der Waals surface area contributed by atoms with E-state index in [1.165, 1.54) is 30.5 Å². The van der Waals surface area contributed by atoms with Gasteiger partial charge in [0.15, 0.2) is 11.6 Å². The van der Waals surface area contributed by atoms with Gasteiger partial charge in [0.05, 0.1) is 39.1 Å². The van der Waals surface area contributed by atoms with Crippen molar-refractivity contribution in [3.05, 3.63) is 114 Å². The molecule has 0 spiro atoms. The SMILES string of the molecule is O=C(c1ccc2ncc(-c3cccnc3)nc2c1)c1c(F)ccc(NS(=O)(=O)c2cccc(F)c2)c1F. The van der Waals surface area contributed by atoms with Gasteiger partial charge in [-0.15, -0.1) is 0 Å². The van der Waals surface area contributed by atoms with Crippen molar-refractivity contribution in [3.63, 3.8) is 0 Å². The average molecular weight is 520 g/mol. The lowest BCUT2D eigenvalue weighted by atomic mass is 10.0. The number of rotatable bonds is 6. The van der Waals surface area contributed by atoms with Crippen molar-refractivity contribution < 1.29 is 26.4 Å². The highest BCUT2D eigenvalue weighted by molar-refractivity contribution is 7.92. The lowest BCUT2D eigenvalue weighted by Gasteiger charge is -2.12. The molecule has 2 heterocycles. The molecule has 0 aliphatic rings. The molecule has 0 saturated carbocycles. The number of halogens is 3. The molecule has 7 nitrogen and oxygen atoms in total. The third kappa shape index (κ3) is 4.76. The van der Waals surface area contributed by atoms with Gasteiger partial charge in [-0.1, -0.05) is 6.07 Å². The molecular formula is C26H15F3N4O3S. The number of nitrogens with one attached hydrogen (secondary N) is 1. The van der Waals surface area contributed by atoms with Crippen LogP contribution in [0.15, 0.2) is 90.2 Å². The second kappa shape index (κ2) is 9.43. The van der Waals surface area contributed by atoms with Gasteiger partial charge in [-0.2, -0.15) is 0 Å². The number of fused-ring (bicyclic) bond motifs is 1. The van der Waals surface area contributed by atoms with Crippen molar-refractivity contribution in [3.8, 4) is 11.3 Å². The maximum Gasteiger partial charge on any atom is 0.262 e. The van der Waals surface area contributed by atoms with E-state index in [2.05, 4.69) is 15.0 Å². The van der Waals surface area contributed by atoms with Crippen LogP contribution >= 0.6 is 0 Å². The summed E-state index contributed by atoms with van der Waals surface area (Å²) in [5.74, 6) is -4.45. The topological polar surface area (TPSA) is 102 Å². The van der Waals surface area contributed by atoms with Gasteiger partial charge < -0.3 is 0 Å². The number of benzene rings is 3. The van der Waals surface area contributed by atoms with Crippen LogP contribution in [0.2, 0.25) is 0 Å². The molecule has 37 heavy (non-hydrogen) atoms. The highest BCUT2D eigenvalue weighted by Crippen LogP contribution is 2.27. The molecule has 1 N–H and O–H groups in total. The van der Waals surface area contributed by atoms with E-state index in [1.54, 1.807) is 24.5 Å². The van der Waals surface area contributed by atoms with Crippen molar-refractivity contribution in [1.29, 1.82) is 0 Å². The van der Waals surface area contributed by atoms with Crippen molar-refractivity contribution in [1.82, 2.24) is 15.0 Å². The molecule has 0 atom stereocenters. The number of sulfonamides is 1. The summed E-state index contributed by atoms with van der Waals surface area (Å²) in [4.78, 5) is 25.5. The Balaban J connectivity index is 1.52. The fourth-order valence-corrected chi connectivity index (χ4v) is 4.72. The zero-order chi connectivity index (χ0) is 26.2. The quantitative estimate of drug-likeness (QED) is 0.311. The van der Waals surface area contributed by atoms with Gasteiger partial charge in [-0.05, 0) is 60.7 Å². The number of nitrogens with zero attached hydrogens (tertiary/aromatic N) is 3. The van der Waals surface area contributed by atoms with Crippen molar-refractivity contribution in [2.24, 2.45) is 0 Å². The lowest BCUT2D eigenvalue weighted by molar-refractivity contribution is 0.103. The molecule has 0 aliphatic heterocycles. The third-order valence-corrected chi connectivity index (χ3v) is 6.79. The van der Waals surface area contributed by atoms with Gasteiger partial charge in [0.25, 0.3) is 10.0 Å². The number of carbonyl (C=O) groups excluding carboxylic acids is 1. The van der Waals surface area contributed by atoms with E-state index < -0.39 is 49.4 Å². The van der Waals surface area contributed by atoms with Crippen molar-refractivity contribution in [2.45, 2.75) is 4.90 Å². The number of hydrogen-bond donors (Lipinski definition) is 1. The maximum atomic E-state index is 15.3. The Bertz CT molecular complexity index is 1780. The second-order valence-corrected chi connectivity index (χ2v) is 9.56. The van der Waals surface area contributed by atoms with Crippen LogP contribution < -0.4 is 4.72 Å². The molecule has 0 amide bonds. The highest BCUT2D eigenvalue weighted by Gasteiger charge is 2.25. The predicted molar refractivity (Wildman–Crippen MR) is 130 cm³/mol. The molecule has 0 bridgehead atoms. The minimum Gasteiger partial charge on any atom is -0.288 e. The summed E-state index contributed by atoms with van der Waals surface area (Å²) < 4.78 is 70.6. The van der Waals surface area contributed by atoms with E-state index in [1.807, 2.05) is 4.72 Å². The highest BCUT2D eigenvalue weighted by atomic mass is 32.2. The Kier molecular flexibility index (Phi) is 6.14. The fraction of sp³-hybridized carbons (Fsp3) is 0. The van der Waals surface area contributed by atoms with E-state index in [0.29, 0.717) is 22.3 Å². The zero-order valence-corrected chi connectivity index (χ0v) is 19.5. The van der Waals surface area contributed by atoms with E-state index in [-0.39, 0.29) is 5.56 Å². The van der Waals surface area contributed by atoms with Gasteiger partial charge in [0.1, 0.15) is 11.6 Å². The van der Waals surface area contributed by atoms with E-state index in [4.69, 9.17) is 0 Å². The molecular weight excluding hydrogens is 505 g/mol. The molecule has 0 aliphatic carbocycles. The smallest absolute Gasteiger partial charge is 0.262 e. The summed E-state index contributed by atoms with van der Waals surface area (Å²) in [6, 6.07) is 13.3. The van der Waals surface area contributed by atoms with Gasteiger partial charge in [0, 0.05) is 23.5 Å². The number of anilines is 1. The number of hydrogen-bond acceptors (Lipinski definition) is 6. The number of aromatic nitrogens is 3. The predicted octanol–water partition coefficient (Wildman–Crippen LogP) is 5.14. The second-order valence-electron chi connectivity index (χ2n) is 7.88. The van der Waals surface area contributed by atoms with Gasteiger partial charge in [-0.25, -0.2) is 26.6 Å². The monoisotopic (exact) mass is 520 g/mol. The summed E-state index contributed by atoms with van der Waals surface area (Å²) >= 11 is 0. The van der Waals surface area contributed by atoms with E-state index >= 15 is 4.39 Å². The first-order valence-electron chi connectivity index (χ1n) is 10.7. The number of carbonyl (C=O) groups is 1. The van der Waals surface area contributed by atoms with Crippen LogP contribution in [0.4, 0.5) is 18.9 Å². The van der Waals surface area contributed by atoms with Crippen molar-refractivity contribution in [2.75, 3.05) is 4.72 Å². The summed E-state index contributed by atoms with van der Waals surface area (Å²) in [5.41, 5.74) is 0.190. The summed E-state index contributed by atoms with van der Waals surface area (Å²) in [6.07, 6.45) is 4.73.